The minimum Gasteiger partial charge on any atom is -0.302 e. The summed E-state index contributed by atoms with van der Waals surface area (Å²) in [6.07, 6.45) is -2.45. The number of piperidine rings is 1. The lowest BCUT2D eigenvalue weighted by Crippen LogP contribution is -2.41. The molecule has 0 aromatic heterocycles. The summed E-state index contributed by atoms with van der Waals surface area (Å²) in [5, 5.41) is 0.495. The minimum absolute atomic E-state index is 0.258. The Morgan fingerprint density at radius 1 is 1.15 bits per heavy atom. The molecular weight excluding hydrogens is 283 g/mol. The number of likely N-dealkylation sites (tertiary alicyclic amines) is 1. The summed E-state index contributed by atoms with van der Waals surface area (Å²) in [5.74, 6) is -1.09. The van der Waals surface area contributed by atoms with E-state index in [1.165, 1.54) is 10.5 Å². The molecule has 0 spiro atoms. The molecule has 2 aliphatic heterocycles. The van der Waals surface area contributed by atoms with Gasteiger partial charge in [-0.25, -0.2) is 0 Å². The van der Waals surface area contributed by atoms with Crippen LogP contribution in [0.25, 0.3) is 0 Å². The molecule has 0 amide bonds. The van der Waals surface area contributed by atoms with Gasteiger partial charge in [0.15, 0.2) is 0 Å². The van der Waals surface area contributed by atoms with Gasteiger partial charge >= 0.3 is 6.18 Å². The van der Waals surface area contributed by atoms with E-state index < -0.39 is 12.1 Å². The third-order valence-electron chi connectivity index (χ3n) is 4.23. The van der Waals surface area contributed by atoms with Gasteiger partial charge in [-0.15, -0.1) is 11.8 Å². The van der Waals surface area contributed by atoms with Crippen LogP contribution in [0.2, 0.25) is 0 Å². The first kappa shape index (κ1) is 14.3. The fourth-order valence-corrected chi connectivity index (χ4v) is 4.45. The van der Waals surface area contributed by atoms with Crippen LogP contribution < -0.4 is 0 Å². The van der Waals surface area contributed by atoms with Crippen molar-refractivity contribution in [3.05, 3.63) is 29.8 Å². The van der Waals surface area contributed by atoms with Crippen molar-refractivity contribution in [2.45, 2.75) is 35.6 Å². The van der Waals surface area contributed by atoms with Gasteiger partial charge in [0.2, 0.25) is 0 Å². The molecule has 1 unspecified atom stereocenters. The van der Waals surface area contributed by atoms with Gasteiger partial charge in [-0.1, -0.05) is 18.2 Å². The molecule has 0 saturated carbocycles. The van der Waals surface area contributed by atoms with Crippen molar-refractivity contribution >= 4 is 11.8 Å². The summed E-state index contributed by atoms with van der Waals surface area (Å²) in [5.41, 5.74) is 1.38. The maximum absolute atomic E-state index is 12.6. The Labute approximate surface area is 121 Å². The highest BCUT2D eigenvalue weighted by atomic mass is 32.2. The van der Waals surface area contributed by atoms with E-state index in [0.717, 1.165) is 13.0 Å². The van der Waals surface area contributed by atoms with Gasteiger partial charge in [0.05, 0.1) is 5.92 Å². The van der Waals surface area contributed by atoms with Crippen molar-refractivity contribution < 1.29 is 13.2 Å². The van der Waals surface area contributed by atoms with Crippen LogP contribution in [-0.4, -0.2) is 36.0 Å². The van der Waals surface area contributed by atoms with E-state index in [1.54, 1.807) is 0 Å². The quantitative estimate of drug-likeness (QED) is 0.813. The van der Waals surface area contributed by atoms with Crippen molar-refractivity contribution in [1.29, 1.82) is 0 Å². The minimum atomic E-state index is -4.01. The standard InChI is InChI=1S/C15H18F3NS/c16-15(17,18)12-5-7-19(8-6-12)10-13-9-11-3-1-2-4-14(11)20-13/h1-4,12-13H,5-10H2. The van der Waals surface area contributed by atoms with Crippen molar-refractivity contribution in [3.63, 3.8) is 0 Å². The number of alkyl halides is 3. The Morgan fingerprint density at radius 2 is 1.85 bits per heavy atom. The monoisotopic (exact) mass is 301 g/mol. The fourth-order valence-electron chi connectivity index (χ4n) is 3.09. The van der Waals surface area contributed by atoms with Gasteiger partial charge in [-0.3, -0.25) is 0 Å². The van der Waals surface area contributed by atoms with E-state index in [0.29, 0.717) is 18.3 Å². The van der Waals surface area contributed by atoms with E-state index in [-0.39, 0.29) is 12.8 Å². The molecule has 110 valence electrons. The molecule has 1 nitrogen and oxygen atoms in total. The maximum atomic E-state index is 12.6. The lowest BCUT2D eigenvalue weighted by atomic mass is 9.96. The summed E-state index contributed by atoms with van der Waals surface area (Å²) in [6.45, 7) is 2.07. The number of fused-ring (bicyclic) bond motifs is 1. The van der Waals surface area contributed by atoms with Crippen LogP contribution >= 0.6 is 11.8 Å². The van der Waals surface area contributed by atoms with Gasteiger partial charge in [-0.05, 0) is 44.0 Å². The van der Waals surface area contributed by atoms with Gasteiger partial charge in [0.1, 0.15) is 0 Å². The third kappa shape index (κ3) is 3.14. The van der Waals surface area contributed by atoms with Gasteiger partial charge in [0.25, 0.3) is 0 Å². The first-order chi connectivity index (χ1) is 9.52. The van der Waals surface area contributed by atoms with Gasteiger partial charge in [0, 0.05) is 16.7 Å². The van der Waals surface area contributed by atoms with Crippen LogP contribution in [0.1, 0.15) is 18.4 Å². The summed E-state index contributed by atoms with van der Waals surface area (Å²) in [4.78, 5) is 3.54. The Kier molecular flexibility index (Phi) is 4.00. The van der Waals surface area contributed by atoms with Crippen LogP contribution in [0.15, 0.2) is 29.2 Å². The van der Waals surface area contributed by atoms with Crippen molar-refractivity contribution in [3.8, 4) is 0 Å². The molecule has 1 fully saturated rings. The van der Waals surface area contributed by atoms with Gasteiger partial charge in [-0.2, -0.15) is 13.2 Å². The average molecular weight is 301 g/mol. The topological polar surface area (TPSA) is 3.24 Å². The molecule has 5 heteroatoms. The van der Waals surface area contributed by atoms with Crippen LogP contribution in [0, 0.1) is 5.92 Å². The summed E-state index contributed by atoms with van der Waals surface area (Å²) < 4.78 is 37.9. The summed E-state index contributed by atoms with van der Waals surface area (Å²) in [6, 6.07) is 8.38. The Hall–Kier alpha value is -0.680. The van der Waals surface area contributed by atoms with Crippen LogP contribution in [0.3, 0.4) is 0 Å². The Bertz CT molecular complexity index is 441. The van der Waals surface area contributed by atoms with E-state index >= 15 is 0 Å². The normalized spacial score (nSPS) is 24.9. The molecule has 2 heterocycles. The molecule has 3 rings (SSSR count). The molecule has 1 saturated heterocycles. The predicted octanol–water partition coefficient (Wildman–Crippen LogP) is 3.98. The number of hydrogen-bond acceptors (Lipinski definition) is 2. The first-order valence-electron chi connectivity index (χ1n) is 7.06. The van der Waals surface area contributed by atoms with E-state index in [4.69, 9.17) is 0 Å². The number of hydrogen-bond donors (Lipinski definition) is 0. The van der Waals surface area contributed by atoms with Crippen molar-refractivity contribution in [2.24, 2.45) is 5.92 Å². The molecule has 1 atom stereocenters. The van der Waals surface area contributed by atoms with E-state index in [1.807, 2.05) is 17.8 Å². The van der Waals surface area contributed by atoms with Gasteiger partial charge < -0.3 is 4.90 Å². The number of nitrogens with zero attached hydrogens (tertiary/aromatic N) is 1. The van der Waals surface area contributed by atoms with Crippen molar-refractivity contribution in [1.82, 2.24) is 4.90 Å². The molecule has 2 aliphatic rings. The number of thioether (sulfide) groups is 1. The molecule has 20 heavy (non-hydrogen) atoms. The summed E-state index contributed by atoms with van der Waals surface area (Å²) >= 11 is 1.87. The lowest BCUT2D eigenvalue weighted by molar-refractivity contribution is -0.185. The van der Waals surface area contributed by atoms with Crippen LogP contribution in [-0.2, 0) is 6.42 Å². The summed E-state index contributed by atoms with van der Waals surface area (Å²) in [7, 11) is 0. The zero-order valence-corrected chi connectivity index (χ0v) is 12.0. The first-order valence-corrected chi connectivity index (χ1v) is 7.94. The van der Waals surface area contributed by atoms with Crippen molar-refractivity contribution in [2.75, 3.05) is 19.6 Å². The Morgan fingerprint density at radius 3 is 2.50 bits per heavy atom. The maximum Gasteiger partial charge on any atom is 0.391 e. The molecule has 0 aliphatic carbocycles. The zero-order chi connectivity index (χ0) is 14.2. The molecule has 0 radical (unpaired) electrons. The highest BCUT2D eigenvalue weighted by Gasteiger charge is 2.41. The predicted molar refractivity (Wildman–Crippen MR) is 75.0 cm³/mol. The SMILES string of the molecule is FC(F)(F)C1CCN(CC2Cc3ccccc3S2)CC1. The second-order valence-corrected chi connectivity index (χ2v) is 7.01. The van der Waals surface area contributed by atoms with Crippen LogP contribution in [0.4, 0.5) is 13.2 Å². The van der Waals surface area contributed by atoms with E-state index in [9.17, 15) is 13.2 Å². The molecular formula is C15H18F3NS. The molecule has 0 N–H and O–H groups in total. The highest BCUT2D eigenvalue weighted by Crippen LogP contribution is 2.38. The van der Waals surface area contributed by atoms with E-state index in [2.05, 4.69) is 23.1 Å². The lowest BCUT2D eigenvalue weighted by Gasteiger charge is -2.34. The molecule has 1 aromatic carbocycles. The fraction of sp³-hybridized carbons (Fsp3) is 0.600. The highest BCUT2D eigenvalue weighted by molar-refractivity contribution is 8.00. The third-order valence-corrected chi connectivity index (χ3v) is 5.53. The number of rotatable bonds is 2. The smallest absolute Gasteiger partial charge is 0.302 e. The Balaban J connectivity index is 1.50. The average Bonchev–Trinajstić information content (AvgIpc) is 2.80. The second-order valence-electron chi connectivity index (χ2n) is 5.67. The molecule has 1 aromatic rings. The number of halogens is 3. The second kappa shape index (κ2) is 5.60. The molecule has 0 bridgehead atoms. The largest absolute Gasteiger partial charge is 0.391 e. The van der Waals surface area contributed by atoms with Crippen LogP contribution in [0.5, 0.6) is 0 Å². The zero-order valence-electron chi connectivity index (χ0n) is 11.2. The number of benzene rings is 1.